The number of piperidine rings is 1. The topological polar surface area (TPSA) is 49.3 Å². The first-order chi connectivity index (χ1) is 11.7. The quantitative estimate of drug-likeness (QED) is 0.875. The van der Waals surface area contributed by atoms with Crippen molar-refractivity contribution in [2.24, 2.45) is 5.92 Å². The summed E-state index contributed by atoms with van der Waals surface area (Å²) in [6.45, 7) is 2.07. The Labute approximate surface area is 151 Å². The number of hydrogen-bond donors (Lipinski definition) is 1. The number of hydrogen-bond acceptors (Lipinski definition) is 4. The van der Waals surface area contributed by atoms with Gasteiger partial charge in [-0.3, -0.25) is 4.90 Å². The lowest BCUT2D eigenvalue weighted by atomic mass is 9.91. The van der Waals surface area contributed by atoms with Gasteiger partial charge in [0, 0.05) is 18.8 Å². The first-order valence-electron chi connectivity index (χ1n) is 8.62. The molecule has 3 unspecified atom stereocenters. The summed E-state index contributed by atoms with van der Waals surface area (Å²) in [7, 11) is 0. The maximum atomic E-state index is 11.3. The van der Waals surface area contributed by atoms with Crippen molar-refractivity contribution in [3.05, 3.63) is 58.6 Å². The molecule has 24 heavy (non-hydrogen) atoms. The molecular formula is C19H22BrN3O. The lowest BCUT2D eigenvalue weighted by molar-refractivity contribution is 0.0286. The molecule has 1 aliphatic carbocycles. The SMILES string of the molecule is OC1(c2ncncc2Br)CC2CCCN(Cc3ccccc3)C2C1. The Morgan fingerprint density at radius 2 is 2.08 bits per heavy atom. The molecule has 1 aromatic carbocycles. The zero-order valence-electron chi connectivity index (χ0n) is 13.6. The average Bonchev–Trinajstić information content (AvgIpc) is 2.95. The fourth-order valence-electron chi connectivity index (χ4n) is 4.47. The largest absolute Gasteiger partial charge is 0.383 e. The van der Waals surface area contributed by atoms with Crippen molar-refractivity contribution >= 4 is 15.9 Å². The van der Waals surface area contributed by atoms with Gasteiger partial charge in [-0.1, -0.05) is 30.3 Å². The lowest BCUT2D eigenvalue weighted by Gasteiger charge is -2.37. The Kier molecular flexibility index (Phi) is 4.41. The molecule has 2 aromatic rings. The molecule has 1 N–H and O–H groups in total. The smallest absolute Gasteiger partial charge is 0.115 e. The number of aliphatic hydroxyl groups is 1. The summed E-state index contributed by atoms with van der Waals surface area (Å²) in [5.41, 5.74) is 1.24. The maximum Gasteiger partial charge on any atom is 0.115 e. The van der Waals surface area contributed by atoms with Crippen LogP contribution in [0.5, 0.6) is 0 Å². The fourth-order valence-corrected chi connectivity index (χ4v) is 5.06. The van der Waals surface area contributed by atoms with Gasteiger partial charge in [0.05, 0.1) is 10.2 Å². The van der Waals surface area contributed by atoms with Crippen LogP contribution in [-0.2, 0) is 12.1 Å². The zero-order valence-corrected chi connectivity index (χ0v) is 15.2. The Morgan fingerprint density at radius 1 is 1.25 bits per heavy atom. The summed E-state index contributed by atoms with van der Waals surface area (Å²) in [5, 5.41) is 11.3. The van der Waals surface area contributed by atoms with Gasteiger partial charge in [-0.05, 0) is 59.6 Å². The van der Waals surface area contributed by atoms with Gasteiger partial charge < -0.3 is 5.11 Å². The first kappa shape index (κ1) is 16.2. The number of fused-ring (bicyclic) bond motifs is 1. The van der Waals surface area contributed by atoms with Crippen LogP contribution in [0.4, 0.5) is 0 Å². The van der Waals surface area contributed by atoms with Crippen molar-refractivity contribution in [1.82, 2.24) is 14.9 Å². The Bertz CT molecular complexity index is 711. The number of benzene rings is 1. The molecule has 0 spiro atoms. The Morgan fingerprint density at radius 3 is 2.88 bits per heavy atom. The number of halogens is 1. The van der Waals surface area contributed by atoms with Crippen LogP contribution in [0, 0.1) is 5.92 Å². The first-order valence-corrected chi connectivity index (χ1v) is 9.41. The van der Waals surface area contributed by atoms with Crippen LogP contribution in [0.25, 0.3) is 0 Å². The molecule has 1 saturated carbocycles. The van der Waals surface area contributed by atoms with E-state index in [1.165, 1.54) is 24.7 Å². The standard InChI is InChI=1S/C19H22BrN3O/c20-16-11-21-13-22-18(16)19(24)9-15-7-4-8-23(17(15)10-19)12-14-5-2-1-3-6-14/h1-3,5-6,11,13,15,17,24H,4,7-10,12H2. The minimum absolute atomic E-state index is 0.422. The van der Waals surface area contributed by atoms with E-state index in [9.17, 15) is 5.11 Å². The van der Waals surface area contributed by atoms with Gasteiger partial charge >= 0.3 is 0 Å². The highest BCUT2D eigenvalue weighted by atomic mass is 79.9. The van der Waals surface area contributed by atoms with Gasteiger partial charge in [0.15, 0.2) is 0 Å². The third-order valence-electron chi connectivity index (χ3n) is 5.52. The lowest BCUT2D eigenvalue weighted by Crippen LogP contribution is -2.42. The van der Waals surface area contributed by atoms with E-state index in [-0.39, 0.29) is 0 Å². The van der Waals surface area contributed by atoms with Crippen LogP contribution in [0.15, 0.2) is 47.3 Å². The second kappa shape index (κ2) is 6.54. The molecule has 1 aliphatic heterocycles. The van der Waals surface area contributed by atoms with E-state index in [4.69, 9.17) is 0 Å². The number of rotatable bonds is 3. The molecular weight excluding hydrogens is 366 g/mol. The molecule has 126 valence electrons. The second-order valence-electron chi connectivity index (χ2n) is 7.08. The van der Waals surface area contributed by atoms with Crippen molar-refractivity contribution in [1.29, 1.82) is 0 Å². The van der Waals surface area contributed by atoms with Crippen LogP contribution in [0.3, 0.4) is 0 Å². The van der Waals surface area contributed by atoms with Crippen molar-refractivity contribution in [3.8, 4) is 0 Å². The minimum atomic E-state index is -0.851. The van der Waals surface area contributed by atoms with E-state index in [2.05, 4.69) is 61.1 Å². The number of likely N-dealkylation sites (tertiary alicyclic amines) is 1. The van der Waals surface area contributed by atoms with E-state index in [1.54, 1.807) is 6.20 Å². The van der Waals surface area contributed by atoms with Gasteiger partial charge in [0.1, 0.15) is 11.9 Å². The highest BCUT2D eigenvalue weighted by Gasteiger charge is 2.49. The predicted molar refractivity (Wildman–Crippen MR) is 96.2 cm³/mol. The minimum Gasteiger partial charge on any atom is -0.383 e. The van der Waals surface area contributed by atoms with Crippen LogP contribution in [0.1, 0.15) is 36.9 Å². The van der Waals surface area contributed by atoms with Gasteiger partial charge in [-0.25, -0.2) is 9.97 Å². The number of aromatic nitrogens is 2. The highest BCUT2D eigenvalue weighted by molar-refractivity contribution is 9.10. The van der Waals surface area contributed by atoms with Crippen LogP contribution >= 0.6 is 15.9 Å². The summed E-state index contributed by atoms with van der Waals surface area (Å²) in [6.07, 6.45) is 7.19. The van der Waals surface area contributed by atoms with Crippen LogP contribution < -0.4 is 0 Å². The van der Waals surface area contributed by atoms with Gasteiger partial charge in [0.2, 0.25) is 0 Å². The van der Waals surface area contributed by atoms with Crippen molar-refractivity contribution in [2.45, 2.75) is 43.9 Å². The van der Waals surface area contributed by atoms with E-state index in [0.29, 0.717) is 12.0 Å². The van der Waals surface area contributed by atoms with E-state index in [0.717, 1.165) is 36.1 Å². The third-order valence-corrected chi connectivity index (χ3v) is 6.10. The highest BCUT2D eigenvalue weighted by Crippen LogP contribution is 2.48. The molecule has 1 aromatic heterocycles. The predicted octanol–water partition coefficient (Wildman–Crippen LogP) is 3.50. The van der Waals surface area contributed by atoms with Gasteiger partial charge in [-0.2, -0.15) is 0 Å². The Hall–Kier alpha value is -1.30. The van der Waals surface area contributed by atoms with Gasteiger partial charge in [0.25, 0.3) is 0 Å². The van der Waals surface area contributed by atoms with Crippen LogP contribution in [0.2, 0.25) is 0 Å². The van der Waals surface area contributed by atoms with Crippen molar-refractivity contribution in [3.63, 3.8) is 0 Å². The molecule has 2 aliphatic rings. The van der Waals surface area contributed by atoms with E-state index >= 15 is 0 Å². The average molecular weight is 388 g/mol. The number of nitrogens with zero attached hydrogens (tertiary/aromatic N) is 3. The molecule has 0 amide bonds. The van der Waals surface area contributed by atoms with Crippen molar-refractivity contribution in [2.75, 3.05) is 6.54 Å². The molecule has 2 fully saturated rings. The molecule has 3 atom stereocenters. The molecule has 5 heteroatoms. The maximum absolute atomic E-state index is 11.3. The van der Waals surface area contributed by atoms with E-state index in [1.807, 2.05) is 0 Å². The summed E-state index contributed by atoms with van der Waals surface area (Å²) < 4.78 is 0.806. The van der Waals surface area contributed by atoms with Crippen molar-refractivity contribution < 1.29 is 5.11 Å². The second-order valence-corrected chi connectivity index (χ2v) is 7.94. The molecule has 0 bridgehead atoms. The molecule has 4 nitrogen and oxygen atoms in total. The summed E-state index contributed by atoms with van der Waals surface area (Å²) in [6, 6.07) is 11.0. The Balaban J connectivity index is 1.57. The normalized spacial score (nSPS) is 30.2. The summed E-state index contributed by atoms with van der Waals surface area (Å²) >= 11 is 3.51. The zero-order chi connectivity index (χ0) is 16.6. The molecule has 4 rings (SSSR count). The van der Waals surface area contributed by atoms with E-state index < -0.39 is 5.60 Å². The third kappa shape index (κ3) is 3.01. The molecule has 1 saturated heterocycles. The molecule has 2 heterocycles. The monoisotopic (exact) mass is 387 g/mol. The molecule has 0 radical (unpaired) electrons. The van der Waals surface area contributed by atoms with Crippen LogP contribution in [-0.4, -0.2) is 32.6 Å². The summed E-state index contributed by atoms with van der Waals surface area (Å²) in [5.74, 6) is 0.536. The summed E-state index contributed by atoms with van der Waals surface area (Å²) in [4.78, 5) is 11.0. The fraction of sp³-hybridized carbons (Fsp3) is 0.474. The van der Waals surface area contributed by atoms with Gasteiger partial charge in [-0.15, -0.1) is 0 Å².